The maximum atomic E-state index is 12.9. The average molecular weight is 352 g/mol. The van der Waals surface area contributed by atoms with Crippen LogP contribution in [0.2, 0.25) is 0 Å². The molecule has 24 heavy (non-hydrogen) atoms. The Morgan fingerprint density at radius 2 is 2.00 bits per heavy atom. The fourth-order valence-corrected chi connectivity index (χ4v) is 3.24. The number of aryl methyl sites for hydroxylation is 1. The minimum atomic E-state index is -4.44. The van der Waals surface area contributed by atoms with E-state index in [1.165, 1.54) is 0 Å². The zero-order valence-electron chi connectivity index (χ0n) is 13.1. The molecule has 8 heteroatoms. The van der Waals surface area contributed by atoms with Gasteiger partial charge in [-0.3, -0.25) is 4.98 Å². The number of fused-ring (bicyclic) bond motifs is 1. The number of hydrogen-bond acceptors (Lipinski definition) is 4. The molecule has 3 aromatic rings. The summed E-state index contributed by atoms with van der Waals surface area (Å²) >= 11 is 1.62. The normalized spacial score (nSPS) is 12.0. The van der Waals surface area contributed by atoms with Crippen LogP contribution >= 0.6 is 11.8 Å². The third kappa shape index (κ3) is 2.98. The lowest BCUT2D eigenvalue weighted by Crippen LogP contribution is -2.06. The highest BCUT2D eigenvalue weighted by Gasteiger charge is 2.32. The third-order valence-electron chi connectivity index (χ3n) is 3.51. The Hall–Kier alpha value is -2.09. The molecule has 0 saturated carbocycles. The highest BCUT2D eigenvalue weighted by molar-refractivity contribution is 7.99. The molecule has 3 aromatic heterocycles. The van der Waals surface area contributed by atoms with Crippen LogP contribution in [0.4, 0.5) is 13.2 Å². The molecular weight excluding hydrogens is 337 g/mol. The maximum absolute atomic E-state index is 12.9. The fourth-order valence-electron chi connectivity index (χ4n) is 2.48. The highest BCUT2D eigenvalue weighted by atomic mass is 32.2. The van der Waals surface area contributed by atoms with Gasteiger partial charge in [-0.05, 0) is 30.9 Å². The summed E-state index contributed by atoms with van der Waals surface area (Å²) in [5, 5.41) is 0. The number of pyridine rings is 2. The molecule has 0 unspecified atom stereocenters. The smallest absolute Gasteiger partial charge is 0.308 e. The van der Waals surface area contributed by atoms with Crippen molar-refractivity contribution < 1.29 is 13.2 Å². The van der Waals surface area contributed by atoms with Crippen LogP contribution in [0.1, 0.15) is 19.4 Å². The van der Waals surface area contributed by atoms with Crippen LogP contribution in [-0.4, -0.2) is 25.3 Å². The lowest BCUT2D eigenvalue weighted by atomic mass is 10.2. The van der Waals surface area contributed by atoms with E-state index in [2.05, 4.69) is 15.0 Å². The number of rotatable bonds is 4. The van der Waals surface area contributed by atoms with Gasteiger partial charge < -0.3 is 4.57 Å². The zero-order valence-corrected chi connectivity index (χ0v) is 13.9. The van der Waals surface area contributed by atoms with Crippen molar-refractivity contribution in [2.75, 3.05) is 5.75 Å². The minimum absolute atomic E-state index is 0.222. The molecule has 0 saturated heterocycles. The molecule has 4 nitrogen and oxygen atoms in total. The predicted octanol–water partition coefficient (Wildman–Crippen LogP) is 4.64. The van der Waals surface area contributed by atoms with Gasteiger partial charge in [0.05, 0.1) is 5.56 Å². The van der Waals surface area contributed by atoms with Crippen molar-refractivity contribution in [2.45, 2.75) is 31.5 Å². The lowest BCUT2D eigenvalue weighted by molar-refractivity contribution is -0.137. The largest absolute Gasteiger partial charge is 0.417 e. The molecule has 0 amide bonds. The van der Waals surface area contributed by atoms with Crippen molar-refractivity contribution in [3.8, 4) is 11.5 Å². The molecular formula is C16H15F3N4S. The molecule has 0 fully saturated rings. The number of alkyl halides is 3. The molecule has 126 valence electrons. The first-order chi connectivity index (χ1) is 11.5. The van der Waals surface area contributed by atoms with Crippen LogP contribution in [0, 0.1) is 0 Å². The second-order valence-corrected chi connectivity index (χ2v) is 6.33. The summed E-state index contributed by atoms with van der Waals surface area (Å²) in [6.45, 7) is 4.47. The van der Waals surface area contributed by atoms with Gasteiger partial charge >= 0.3 is 6.18 Å². The van der Waals surface area contributed by atoms with Crippen molar-refractivity contribution in [1.82, 2.24) is 19.5 Å². The van der Waals surface area contributed by atoms with E-state index in [1.54, 1.807) is 22.5 Å². The molecule has 0 spiro atoms. The number of thioether (sulfide) groups is 1. The molecule has 3 rings (SSSR count). The summed E-state index contributed by atoms with van der Waals surface area (Å²) in [5.41, 5.74) is 0.516. The van der Waals surface area contributed by atoms with Gasteiger partial charge in [0.15, 0.2) is 11.5 Å². The van der Waals surface area contributed by atoms with Gasteiger partial charge in [-0.1, -0.05) is 6.92 Å². The first-order valence-electron chi connectivity index (χ1n) is 7.47. The van der Waals surface area contributed by atoms with E-state index in [0.29, 0.717) is 23.7 Å². The molecule has 0 radical (unpaired) electrons. The van der Waals surface area contributed by atoms with Crippen molar-refractivity contribution in [3.05, 3.63) is 36.2 Å². The first-order valence-corrected chi connectivity index (χ1v) is 8.46. The van der Waals surface area contributed by atoms with E-state index in [1.807, 2.05) is 26.0 Å². The van der Waals surface area contributed by atoms with Crippen LogP contribution in [0.3, 0.4) is 0 Å². The van der Waals surface area contributed by atoms with Crippen LogP contribution in [0.15, 0.2) is 35.5 Å². The van der Waals surface area contributed by atoms with Gasteiger partial charge in [0.2, 0.25) is 0 Å². The Kier molecular flexibility index (Phi) is 4.49. The number of halogens is 3. The summed E-state index contributed by atoms with van der Waals surface area (Å²) in [7, 11) is 0. The molecule has 0 aliphatic carbocycles. The second kappa shape index (κ2) is 6.43. The van der Waals surface area contributed by atoms with Crippen LogP contribution in [-0.2, 0) is 12.7 Å². The Morgan fingerprint density at radius 3 is 2.67 bits per heavy atom. The van der Waals surface area contributed by atoms with E-state index in [-0.39, 0.29) is 5.52 Å². The van der Waals surface area contributed by atoms with Gasteiger partial charge in [-0.15, -0.1) is 11.8 Å². The Labute approximate surface area is 141 Å². The van der Waals surface area contributed by atoms with E-state index in [0.717, 1.165) is 22.9 Å². The number of hydrogen-bond donors (Lipinski definition) is 0. The van der Waals surface area contributed by atoms with Crippen molar-refractivity contribution >= 4 is 22.9 Å². The van der Waals surface area contributed by atoms with E-state index >= 15 is 0 Å². The van der Waals surface area contributed by atoms with Crippen LogP contribution < -0.4 is 0 Å². The first kappa shape index (κ1) is 16.8. The van der Waals surface area contributed by atoms with Crippen molar-refractivity contribution in [1.29, 1.82) is 0 Å². The maximum Gasteiger partial charge on any atom is 0.417 e. The molecule has 0 atom stereocenters. The number of imidazole rings is 1. The summed E-state index contributed by atoms with van der Waals surface area (Å²) in [6, 6.07) is 4.80. The Bertz CT molecular complexity index is 873. The molecule has 0 aromatic carbocycles. The molecule has 0 aliphatic heterocycles. The predicted molar refractivity (Wildman–Crippen MR) is 87.8 cm³/mol. The number of nitrogens with zero attached hydrogens (tertiary/aromatic N) is 4. The summed E-state index contributed by atoms with van der Waals surface area (Å²) < 4.78 is 40.5. The highest BCUT2D eigenvalue weighted by Crippen LogP contribution is 2.33. The quantitative estimate of drug-likeness (QED) is 0.642. The van der Waals surface area contributed by atoms with Gasteiger partial charge in [0.25, 0.3) is 0 Å². The Balaban J connectivity index is 2.22. The average Bonchev–Trinajstić information content (AvgIpc) is 2.92. The molecule has 0 aliphatic rings. The topological polar surface area (TPSA) is 43.6 Å². The van der Waals surface area contributed by atoms with Crippen LogP contribution in [0.5, 0.6) is 0 Å². The van der Waals surface area contributed by atoms with E-state index in [9.17, 15) is 13.2 Å². The minimum Gasteiger partial charge on any atom is -0.308 e. The zero-order chi connectivity index (χ0) is 17.3. The summed E-state index contributed by atoms with van der Waals surface area (Å²) in [6.07, 6.45) is -1.94. The van der Waals surface area contributed by atoms with Crippen molar-refractivity contribution in [3.63, 3.8) is 0 Å². The molecule has 0 N–H and O–H groups in total. The molecule has 3 heterocycles. The second-order valence-electron chi connectivity index (χ2n) is 5.03. The lowest BCUT2D eigenvalue weighted by Gasteiger charge is -2.09. The molecule has 0 bridgehead atoms. The van der Waals surface area contributed by atoms with Gasteiger partial charge in [0, 0.05) is 23.8 Å². The monoisotopic (exact) mass is 352 g/mol. The van der Waals surface area contributed by atoms with Crippen LogP contribution in [0.25, 0.3) is 22.7 Å². The van der Waals surface area contributed by atoms with Gasteiger partial charge in [0.1, 0.15) is 11.2 Å². The van der Waals surface area contributed by atoms with E-state index in [4.69, 9.17) is 0 Å². The SMILES string of the molecule is CCSc1cccnc1-c1nc2cc(C(F)(F)F)cnc2n1CC. The Morgan fingerprint density at radius 1 is 1.21 bits per heavy atom. The standard InChI is InChI=1S/C16H15F3N4S/c1-3-23-14-11(8-10(9-21-14)16(17,18)19)22-15(23)13-12(24-4-2)6-5-7-20-13/h5-9H,3-4H2,1-2H3. The fraction of sp³-hybridized carbons (Fsp3) is 0.312. The van der Waals surface area contributed by atoms with Gasteiger partial charge in [-0.2, -0.15) is 13.2 Å². The van der Waals surface area contributed by atoms with Gasteiger partial charge in [-0.25, -0.2) is 9.97 Å². The third-order valence-corrected chi connectivity index (χ3v) is 4.44. The van der Waals surface area contributed by atoms with E-state index < -0.39 is 11.7 Å². The summed E-state index contributed by atoms with van der Waals surface area (Å²) in [5.74, 6) is 1.40. The number of aromatic nitrogens is 4. The van der Waals surface area contributed by atoms with Crippen molar-refractivity contribution in [2.24, 2.45) is 0 Å². The summed E-state index contributed by atoms with van der Waals surface area (Å²) in [4.78, 5) is 13.7.